The molecule has 0 N–H and O–H groups in total. The van der Waals surface area contributed by atoms with E-state index in [0.29, 0.717) is 0 Å². The Morgan fingerprint density at radius 3 is 2.15 bits per heavy atom. The number of unbranched alkanes of at least 4 members (excludes halogenated alkanes) is 6. The summed E-state index contributed by atoms with van der Waals surface area (Å²) in [6.45, 7) is 5.32. The Bertz CT molecular complexity index is 549. The minimum Gasteiger partial charge on any atom is -0.494 e. The van der Waals surface area contributed by atoms with Crippen LogP contribution in [0.4, 0.5) is 0 Å². The SMILES string of the molecule is CCCCCCCCCOc1ccc([C@]2(C#N)CC[C@H](CCC)CC2)cc1. The van der Waals surface area contributed by atoms with Crippen LogP contribution in [0.1, 0.15) is 103 Å². The Labute approximate surface area is 167 Å². The van der Waals surface area contributed by atoms with Crippen molar-refractivity contribution in [2.45, 2.75) is 103 Å². The molecule has 1 aromatic rings. The largest absolute Gasteiger partial charge is 0.494 e. The van der Waals surface area contributed by atoms with E-state index >= 15 is 0 Å². The maximum absolute atomic E-state index is 9.88. The number of hydrogen-bond donors (Lipinski definition) is 0. The molecule has 27 heavy (non-hydrogen) atoms. The van der Waals surface area contributed by atoms with Crippen LogP contribution < -0.4 is 4.74 Å². The standard InChI is InChI=1S/C25H39NO/c1-3-5-6-7-8-9-10-20-27-24-14-12-23(13-15-24)25(21-26)18-16-22(11-4-2)17-19-25/h12-15,22H,3-11,16-20H2,1-2H3/t22-,25+. The van der Waals surface area contributed by atoms with Crippen molar-refractivity contribution in [2.75, 3.05) is 6.61 Å². The minimum atomic E-state index is -0.277. The van der Waals surface area contributed by atoms with Crippen molar-refractivity contribution in [3.05, 3.63) is 29.8 Å². The average Bonchev–Trinajstić information content (AvgIpc) is 2.71. The number of benzene rings is 1. The molecular formula is C25H39NO. The second-order valence-corrected chi connectivity index (χ2v) is 8.42. The average molecular weight is 370 g/mol. The van der Waals surface area contributed by atoms with Gasteiger partial charge in [-0.2, -0.15) is 5.26 Å². The zero-order valence-electron chi connectivity index (χ0n) is 17.6. The Balaban J connectivity index is 1.75. The molecule has 1 aromatic carbocycles. The summed E-state index contributed by atoms with van der Waals surface area (Å²) in [5.41, 5.74) is 0.907. The van der Waals surface area contributed by atoms with E-state index in [4.69, 9.17) is 4.74 Å². The molecule has 0 heterocycles. The summed E-state index contributed by atoms with van der Waals surface area (Å²) in [4.78, 5) is 0. The van der Waals surface area contributed by atoms with Gasteiger partial charge in [0.2, 0.25) is 0 Å². The normalized spacial score (nSPS) is 22.3. The van der Waals surface area contributed by atoms with Crippen molar-refractivity contribution in [2.24, 2.45) is 5.92 Å². The highest BCUT2D eigenvalue weighted by atomic mass is 16.5. The van der Waals surface area contributed by atoms with Crippen LogP contribution >= 0.6 is 0 Å². The van der Waals surface area contributed by atoms with Gasteiger partial charge in [0.1, 0.15) is 5.75 Å². The first-order valence-electron chi connectivity index (χ1n) is 11.4. The van der Waals surface area contributed by atoms with Crippen LogP contribution in [0.25, 0.3) is 0 Å². The van der Waals surface area contributed by atoms with Gasteiger partial charge in [-0.05, 0) is 55.7 Å². The van der Waals surface area contributed by atoms with Crippen molar-refractivity contribution >= 4 is 0 Å². The monoisotopic (exact) mass is 369 g/mol. The maximum Gasteiger partial charge on any atom is 0.119 e. The molecular weight excluding hydrogens is 330 g/mol. The number of hydrogen-bond acceptors (Lipinski definition) is 2. The van der Waals surface area contributed by atoms with Crippen molar-refractivity contribution in [3.63, 3.8) is 0 Å². The molecule has 1 aliphatic carbocycles. The fraction of sp³-hybridized carbons (Fsp3) is 0.720. The molecule has 0 saturated heterocycles. The molecule has 1 saturated carbocycles. The second kappa shape index (κ2) is 12.1. The van der Waals surface area contributed by atoms with Gasteiger partial charge in [-0.15, -0.1) is 0 Å². The number of nitriles is 1. The smallest absolute Gasteiger partial charge is 0.119 e. The van der Waals surface area contributed by atoms with E-state index in [1.54, 1.807) is 0 Å². The summed E-state index contributed by atoms with van der Waals surface area (Å²) in [6, 6.07) is 11.0. The molecule has 0 radical (unpaired) electrons. The summed E-state index contributed by atoms with van der Waals surface area (Å²) in [5.74, 6) is 1.76. The topological polar surface area (TPSA) is 33.0 Å². The molecule has 2 nitrogen and oxygen atoms in total. The van der Waals surface area contributed by atoms with E-state index in [9.17, 15) is 5.26 Å². The fourth-order valence-corrected chi connectivity index (χ4v) is 4.45. The van der Waals surface area contributed by atoms with Crippen LogP contribution in [-0.4, -0.2) is 6.61 Å². The van der Waals surface area contributed by atoms with E-state index in [0.717, 1.165) is 37.5 Å². The van der Waals surface area contributed by atoms with Gasteiger partial charge in [0.05, 0.1) is 18.1 Å². The first-order chi connectivity index (χ1) is 13.2. The molecule has 150 valence electrons. The van der Waals surface area contributed by atoms with Gasteiger partial charge in [-0.25, -0.2) is 0 Å². The molecule has 1 aliphatic rings. The fourth-order valence-electron chi connectivity index (χ4n) is 4.45. The van der Waals surface area contributed by atoms with Crippen LogP contribution in [-0.2, 0) is 5.41 Å². The molecule has 0 atom stereocenters. The Kier molecular flexibility index (Phi) is 9.74. The van der Waals surface area contributed by atoms with Gasteiger partial charge in [-0.1, -0.05) is 77.3 Å². The predicted molar refractivity (Wildman–Crippen MR) is 114 cm³/mol. The van der Waals surface area contributed by atoms with Gasteiger partial charge in [0.25, 0.3) is 0 Å². The van der Waals surface area contributed by atoms with Gasteiger partial charge in [0, 0.05) is 0 Å². The predicted octanol–water partition coefficient (Wildman–Crippen LogP) is 7.57. The highest BCUT2D eigenvalue weighted by Crippen LogP contribution is 2.42. The van der Waals surface area contributed by atoms with Gasteiger partial charge in [-0.3, -0.25) is 0 Å². The maximum atomic E-state index is 9.88. The highest BCUT2D eigenvalue weighted by molar-refractivity contribution is 5.37. The lowest BCUT2D eigenvalue weighted by molar-refractivity contribution is 0.265. The van der Waals surface area contributed by atoms with Crippen LogP contribution in [0.3, 0.4) is 0 Å². The lowest BCUT2D eigenvalue weighted by atomic mass is 9.67. The second-order valence-electron chi connectivity index (χ2n) is 8.42. The van der Waals surface area contributed by atoms with E-state index in [-0.39, 0.29) is 5.41 Å². The van der Waals surface area contributed by atoms with Crippen molar-refractivity contribution < 1.29 is 4.74 Å². The Morgan fingerprint density at radius 2 is 1.56 bits per heavy atom. The van der Waals surface area contributed by atoms with Crippen LogP contribution in [0.15, 0.2) is 24.3 Å². The molecule has 0 aliphatic heterocycles. The quantitative estimate of drug-likeness (QED) is 0.356. The van der Waals surface area contributed by atoms with E-state index in [1.807, 2.05) is 0 Å². The molecule has 2 rings (SSSR count). The summed E-state index contributed by atoms with van der Waals surface area (Å²) in [6.07, 6.45) is 16.1. The molecule has 0 unspecified atom stereocenters. The first kappa shape index (κ1) is 21.8. The summed E-state index contributed by atoms with van der Waals surface area (Å²) in [5, 5.41) is 9.88. The summed E-state index contributed by atoms with van der Waals surface area (Å²) in [7, 11) is 0. The molecule has 0 spiro atoms. The van der Waals surface area contributed by atoms with Crippen molar-refractivity contribution in [1.29, 1.82) is 5.26 Å². The zero-order valence-corrected chi connectivity index (χ0v) is 17.6. The van der Waals surface area contributed by atoms with Crippen molar-refractivity contribution in [1.82, 2.24) is 0 Å². The molecule has 0 bridgehead atoms. The molecule has 0 aromatic heterocycles. The van der Waals surface area contributed by atoms with Crippen LogP contribution in [0.2, 0.25) is 0 Å². The lowest BCUT2D eigenvalue weighted by Gasteiger charge is -2.35. The van der Waals surface area contributed by atoms with Crippen LogP contribution in [0, 0.1) is 17.2 Å². The summed E-state index contributed by atoms with van der Waals surface area (Å²) >= 11 is 0. The minimum absolute atomic E-state index is 0.277. The van der Waals surface area contributed by atoms with E-state index in [1.165, 1.54) is 69.8 Å². The third-order valence-electron chi connectivity index (χ3n) is 6.29. The summed E-state index contributed by atoms with van der Waals surface area (Å²) < 4.78 is 5.91. The van der Waals surface area contributed by atoms with Gasteiger partial charge in [0.15, 0.2) is 0 Å². The van der Waals surface area contributed by atoms with Gasteiger partial charge >= 0.3 is 0 Å². The molecule has 2 heteroatoms. The Morgan fingerprint density at radius 1 is 0.926 bits per heavy atom. The third-order valence-corrected chi connectivity index (χ3v) is 6.29. The molecule has 0 amide bonds. The van der Waals surface area contributed by atoms with E-state index < -0.39 is 0 Å². The first-order valence-corrected chi connectivity index (χ1v) is 11.4. The third kappa shape index (κ3) is 6.87. The van der Waals surface area contributed by atoms with Crippen LogP contribution in [0.5, 0.6) is 5.75 Å². The van der Waals surface area contributed by atoms with Gasteiger partial charge < -0.3 is 4.74 Å². The highest BCUT2D eigenvalue weighted by Gasteiger charge is 2.36. The number of nitrogens with zero attached hydrogens (tertiary/aromatic N) is 1. The van der Waals surface area contributed by atoms with E-state index in [2.05, 4.69) is 44.2 Å². The molecule has 1 fully saturated rings. The lowest BCUT2D eigenvalue weighted by Crippen LogP contribution is -2.30. The number of rotatable bonds is 12. The Hall–Kier alpha value is -1.49. The zero-order chi connectivity index (χ0) is 19.4. The van der Waals surface area contributed by atoms with Crippen molar-refractivity contribution in [3.8, 4) is 11.8 Å². The number of ether oxygens (including phenoxy) is 1.